The fourth-order valence-electron chi connectivity index (χ4n) is 3.40. The van der Waals surface area contributed by atoms with Crippen LogP contribution in [0.1, 0.15) is 29.2 Å². The van der Waals surface area contributed by atoms with Crippen molar-refractivity contribution in [2.45, 2.75) is 32.6 Å². The Morgan fingerprint density at radius 2 is 1.92 bits per heavy atom. The Labute approximate surface area is 141 Å². The summed E-state index contributed by atoms with van der Waals surface area (Å²) >= 11 is 0. The van der Waals surface area contributed by atoms with E-state index in [2.05, 4.69) is 37.0 Å². The smallest absolute Gasteiger partial charge is 0.231 e. The summed E-state index contributed by atoms with van der Waals surface area (Å²) in [7, 11) is 0. The number of allylic oxidation sites excluding steroid dienone is 1. The third-order valence-corrected chi connectivity index (χ3v) is 4.77. The van der Waals surface area contributed by atoms with Crippen molar-refractivity contribution in [1.82, 2.24) is 0 Å². The van der Waals surface area contributed by atoms with Crippen LogP contribution < -0.4 is 0 Å². The molecule has 0 aliphatic carbocycles. The van der Waals surface area contributed by atoms with Gasteiger partial charge in [-0.2, -0.15) is 0 Å². The summed E-state index contributed by atoms with van der Waals surface area (Å²) < 4.78 is 0. The SMILES string of the molecule is CC1=Nc2ccccc2C1(C=C[N+](=O)[O-])Cc1cc(C)ccc1C. The molecule has 1 aliphatic rings. The van der Waals surface area contributed by atoms with E-state index in [-0.39, 0.29) is 0 Å². The Morgan fingerprint density at radius 1 is 1.17 bits per heavy atom. The summed E-state index contributed by atoms with van der Waals surface area (Å²) in [5, 5.41) is 11.0. The van der Waals surface area contributed by atoms with E-state index in [1.807, 2.05) is 31.2 Å². The fraction of sp³-hybridized carbons (Fsp3) is 0.250. The molecule has 0 radical (unpaired) electrons. The maximum Gasteiger partial charge on any atom is 0.231 e. The van der Waals surface area contributed by atoms with Crippen LogP contribution >= 0.6 is 0 Å². The molecule has 0 spiro atoms. The highest BCUT2D eigenvalue weighted by molar-refractivity contribution is 6.02. The van der Waals surface area contributed by atoms with Crippen LogP contribution in [0.15, 0.2) is 59.7 Å². The number of fused-ring (bicyclic) bond motifs is 1. The first kappa shape index (κ1) is 16.1. The van der Waals surface area contributed by atoms with Crippen LogP contribution in [0, 0.1) is 24.0 Å². The summed E-state index contributed by atoms with van der Waals surface area (Å²) in [5.74, 6) is 0. The van der Waals surface area contributed by atoms with Crippen LogP contribution in [0.4, 0.5) is 5.69 Å². The van der Waals surface area contributed by atoms with Gasteiger partial charge in [0.15, 0.2) is 0 Å². The largest absolute Gasteiger partial charge is 0.259 e. The maximum absolute atomic E-state index is 11.0. The van der Waals surface area contributed by atoms with Gasteiger partial charge in [0.1, 0.15) is 0 Å². The molecule has 0 saturated carbocycles. The molecule has 3 rings (SSSR count). The van der Waals surface area contributed by atoms with Crippen molar-refractivity contribution in [2.75, 3.05) is 0 Å². The third kappa shape index (κ3) is 2.75. The Morgan fingerprint density at radius 3 is 2.67 bits per heavy atom. The van der Waals surface area contributed by atoms with Crippen LogP contribution in [0.2, 0.25) is 0 Å². The van der Waals surface area contributed by atoms with Gasteiger partial charge in [0.2, 0.25) is 6.20 Å². The van der Waals surface area contributed by atoms with Gasteiger partial charge in [-0.25, -0.2) is 0 Å². The minimum atomic E-state index is -0.567. The van der Waals surface area contributed by atoms with Gasteiger partial charge >= 0.3 is 0 Å². The topological polar surface area (TPSA) is 55.5 Å². The predicted molar refractivity (Wildman–Crippen MR) is 96.6 cm³/mol. The molecule has 0 aromatic heterocycles. The molecule has 2 aromatic carbocycles. The molecule has 1 unspecified atom stereocenters. The second kappa shape index (κ2) is 6.04. The van der Waals surface area contributed by atoms with Crippen LogP contribution in [-0.4, -0.2) is 10.6 Å². The van der Waals surface area contributed by atoms with Crippen LogP contribution in [0.5, 0.6) is 0 Å². The minimum absolute atomic E-state index is 0.404. The molecule has 0 saturated heterocycles. The van der Waals surface area contributed by atoms with Gasteiger partial charge in [-0.3, -0.25) is 15.1 Å². The zero-order valence-electron chi connectivity index (χ0n) is 14.1. The number of hydrogen-bond acceptors (Lipinski definition) is 3. The first-order valence-corrected chi connectivity index (χ1v) is 7.97. The fourth-order valence-corrected chi connectivity index (χ4v) is 3.40. The molecular weight excluding hydrogens is 300 g/mol. The summed E-state index contributed by atoms with van der Waals surface area (Å²) in [6.07, 6.45) is 3.41. The van der Waals surface area contributed by atoms with Crippen molar-refractivity contribution >= 4 is 11.4 Å². The molecule has 1 aliphatic heterocycles. The number of para-hydroxylation sites is 1. The van der Waals surface area contributed by atoms with Gasteiger partial charge in [0, 0.05) is 11.8 Å². The molecule has 0 N–H and O–H groups in total. The van der Waals surface area contributed by atoms with Gasteiger partial charge in [-0.15, -0.1) is 0 Å². The van der Waals surface area contributed by atoms with E-state index >= 15 is 0 Å². The highest BCUT2D eigenvalue weighted by Gasteiger charge is 2.40. The van der Waals surface area contributed by atoms with Crippen molar-refractivity contribution in [3.63, 3.8) is 0 Å². The highest BCUT2D eigenvalue weighted by atomic mass is 16.6. The number of aryl methyl sites for hydroxylation is 2. The Bertz CT molecular complexity index is 868. The van der Waals surface area contributed by atoms with Crippen molar-refractivity contribution in [1.29, 1.82) is 0 Å². The normalized spacial score (nSPS) is 19.4. The molecular formula is C20H20N2O2. The van der Waals surface area contributed by atoms with E-state index in [4.69, 9.17) is 0 Å². The summed E-state index contributed by atoms with van der Waals surface area (Å²) in [5.41, 5.74) is 5.81. The average molecular weight is 320 g/mol. The minimum Gasteiger partial charge on any atom is -0.259 e. The van der Waals surface area contributed by atoms with Gasteiger partial charge in [0.05, 0.1) is 16.0 Å². The third-order valence-electron chi connectivity index (χ3n) is 4.77. The predicted octanol–water partition coefficient (Wildman–Crippen LogP) is 4.68. The highest BCUT2D eigenvalue weighted by Crippen LogP contribution is 2.44. The van der Waals surface area contributed by atoms with E-state index in [0.717, 1.165) is 23.2 Å². The quantitative estimate of drug-likeness (QED) is 0.606. The lowest BCUT2D eigenvalue weighted by Crippen LogP contribution is -2.32. The Hall–Kier alpha value is -2.75. The molecule has 4 heteroatoms. The van der Waals surface area contributed by atoms with Crippen molar-refractivity contribution < 1.29 is 4.92 Å². The lowest BCUT2D eigenvalue weighted by atomic mass is 9.72. The Kier molecular flexibility index (Phi) is 4.06. The van der Waals surface area contributed by atoms with Crippen LogP contribution in [0.25, 0.3) is 0 Å². The second-order valence-corrected chi connectivity index (χ2v) is 6.39. The number of nitrogens with zero attached hydrogens (tertiary/aromatic N) is 2. The molecule has 0 amide bonds. The number of hydrogen-bond donors (Lipinski definition) is 0. The van der Waals surface area contributed by atoms with E-state index in [9.17, 15) is 10.1 Å². The van der Waals surface area contributed by atoms with Crippen molar-refractivity contribution in [2.24, 2.45) is 4.99 Å². The molecule has 2 aromatic rings. The van der Waals surface area contributed by atoms with Gasteiger partial charge in [-0.05, 0) is 49.9 Å². The first-order chi connectivity index (χ1) is 11.4. The lowest BCUT2D eigenvalue weighted by Gasteiger charge is -2.28. The summed E-state index contributed by atoms with van der Waals surface area (Å²) in [6.45, 7) is 6.09. The monoisotopic (exact) mass is 320 g/mol. The maximum atomic E-state index is 11.0. The molecule has 1 atom stereocenters. The molecule has 122 valence electrons. The van der Waals surface area contributed by atoms with Crippen molar-refractivity contribution in [3.8, 4) is 0 Å². The van der Waals surface area contributed by atoms with Gasteiger partial charge in [-0.1, -0.05) is 42.0 Å². The zero-order valence-corrected chi connectivity index (χ0v) is 14.1. The molecule has 4 nitrogen and oxygen atoms in total. The molecule has 0 fully saturated rings. The summed E-state index contributed by atoms with van der Waals surface area (Å²) in [6, 6.07) is 14.2. The number of nitro groups is 1. The van der Waals surface area contributed by atoms with E-state index in [1.54, 1.807) is 6.08 Å². The van der Waals surface area contributed by atoms with Crippen LogP contribution in [-0.2, 0) is 11.8 Å². The van der Waals surface area contributed by atoms with Crippen LogP contribution in [0.3, 0.4) is 0 Å². The first-order valence-electron chi connectivity index (χ1n) is 7.97. The van der Waals surface area contributed by atoms with E-state index < -0.39 is 10.3 Å². The second-order valence-electron chi connectivity index (χ2n) is 6.39. The van der Waals surface area contributed by atoms with Gasteiger partial charge in [0.25, 0.3) is 0 Å². The van der Waals surface area contributed by atoms with Crippen molar-refractivity contribution in [3.05, 3.63) is 87.1 Å². The molecule has 24 heavy (non-hydrogen) atoms. The zero-order chi connectivity index (χ0) is 17.3. The summed E-state index contributed by atoms with van der Waals surface area (Å²) in [4.78, 5) is 15.2. The molecule has 1 heterocycles. The van der Waals surface area contributed by atoms with Gasteiger partial charge < -0.3 is 0 Å². The lowest BCUT2D eigenvalue weighted by molar-refractivity contribution is -0.402. The Balaban J connectivity index is 2.16. The number of aliphatic imine (C=N–C) groups is 1. The average Bonchev–Trinajstić information content (AvgIpc) is 2.81. The number of rotatable bonds is 4. The van der Waals surface area contributed by atoms with E-state index in [0.29, 0.717) is 6.42 Å². The standard InChI is InChI=1S/C20H20N2O2/c1-14-8-9-15(2)17(12-14)13-20(10-11-22(23)24)16(3)21-19-7-5-4-6-18(19)20/h4-12H,13H2,1-3H3. The number of benzene rings is 2. The molecule has 0 bridgehead atoms. The van der Waals surface area contributed by atoms with E-state index in [1.165, 1.54) is 16.7 Å².